The second kappa shape index (κ2) is 6.72. The number of nitrogens with zero attached hydrogens (tertiary/aromatic N) is 2. The van der Waals surface area contributed by atoms with Crippen molar-refractivity contribution in [3.63, 3.8) is 0 Å². The highest BCUT2D eigenvalue weighted by atomic mass is 35.5. The maximum atomic E-state index is 12.3. The topological polar surface area (TPSA) is 68.7 Å². The number of hydrogen-bond donors (Lipinski definition) is 0. The monoisotopic (exact) mass is 382 g/mol. The summed E-state index contributed by atoms with van der Waals surface area (Å²) >= 11 is 6.11. The Kier molecular flexibility index (Phi) is 5.30. The minimum Gasteiger partial charge on any atom is -0.448 e. The second-order valence-electron chi connectivity index (χ2n) is 7.81. The number of amides is 1. The van der Waals surface area contributed by atoms with Gasteiger partial charge >= 0.3 is 12.1 Å². The number of carbonyl (C=O) groups is 2. The first kappa shape index (κ1) is 20.5. The molecule has 2 unspecified atom stereocenters. The van der Waals surface area contributed by atoms with Gasteiger partial charge in [0.2, 0.25) is 0 Å². The fraction of sp³-hybridized carbons (Fsp3) is 0.632. The van der Waals surface area contributed by atoms with Crippen molar-refractivity contribution in [2.75, 3.05) is 13.1 Å². The third-order valence-electron chi connectivity index (χ3n) is 4.74. The molecular weight excluding hydrogens is 356 g/mol. The van der Waals surface area contributed by atoms with Crippen molar-refractivity contribution in [1.29, 1.82) is 0 Å². The zero-order valence-electron chi connectivity index (χ0n) is 15.2. The summed E-state index contributed by atoms with van der Waals surface area (Å²) in [6.07, 6.45) is 0.138. The second-order valence-corrected chi connectivity index (χ2v) is 8.22. The number of piperidine rings is 1. The molecule has 1 aromatic heterocycles. The molecule has 0 saturated carbocycles. The van der Waals surface area contributed by atoms with Gasteiger partial charge in [-0.25, -0.2) is 9.59 Å². The Morgan fingerprint density at radius 1 is 1.46 bits per heavy atom. The van der Waals surface area contributed by atoms with Crippen LogP contribution in [-0.4, -0.2) is 40.6 Å². The number of halogens is 1. The molecule has 2 aliphatic rings. The molecule has 1 saturated heterocycles. The van der Waals surface area contributed by atoms with Gasteiger partial charge in [-0.2, -0.15) is 0 Å². The number of pyridine rings is 1. The Morgan fingerprint density at radius 2 is 2.12 bits per heavy atom. The molecule has 144 valence electrons. The first-order valence-corrected chi connectivity index (χ1v) is 8.80. The zero-order valence-corrected chi connectivity index (χ0v) is 15.9. The molecule has 3 heterocycles. The number of carbonyl (C=O) groups excluding carboxylic acids is 2. The van der Waals surface area contributed by atoms with Crippen LogP contribution < -0.4 is 0 Å². The van der Waals surface area contributed by atoms with Gasteiger partial charge in [-0.05, 0) is 33.8 Å². The molecule has 0 N–H and O–H groups in total. The lowest BCUT2D eigenvalue weighted by molar-refractivity contribution is -0.0801. The summed E-state index contributed by atoms with van der Waals surface area (Å²) < 4.78 is 11.2. The number of esters is 1. The van der Waals surface area contributed by atoms with Crippen LogP contribution in [0, 0.1) is 12.8 Å². The first-order chi connectivity index (χ1) is 11.5. The van der Waals surface area contributed by atoms with Gasteiger partial charge < -0.3 is 14.4 Å². The van der Waals surface area contributed by atoms with Crippen LogP contribution in [0.3, 0.4) is 0 Å². The van der Waals surface area contributed by atoms with Crippen LogP contribution in [0.1, 0.15) is 63.3 Å². The molecule has 26 heavy (non-hydrogen) atoms. The molecule has 1 amide bonds. The molecule has 0 bridgehead atoms. The summed E-state index contributed by atoms with van der Waals surface area (Å²) in [5.74, 6) is -0.506. The molecule has 7 heteroatoms. The molecule has 0 radical (unpaired) electrons. The Balaban J connectivity index is 0.00000243. The number of rotatable bonds is 0. The summed E-state index contributed by atoms with van der Waals surface area (Å²) in [6, 6.07) is 1.63. The normalized spacial score (nSPS) is 24.8. The largest absolute Gasteiger partial charge is 0.448 e. The number of hydrogen-bond acceptors (Lipinski definition) is 5. The van der Waals surface area contributed by atoms with E-state index in [0.717, 1.165) is 0 Å². The third kappa shape index (κ3) is 3.39. The summed E-state index contributed by atoms with van der Waals surface area (Å²) in [6.45, 7) is 10.2. The Morgan fingerprint density at radius 3 is 2.69 bits per heavy atom. The van der Waals surface area contributed by atoms with Crippen molar-refractivity contribution in [2.45, 2.75) is 59.7 Å². The van der Waals surface area contributed by atoms with Crippen molar-refractivity contribution >= 4 is 23.7 Å². The number of likely N-dealkylation sites (tertiary alicyclic amines) is 1. The minimum atomic E-state index is -0.805. The molecule has 2 aliphatic heterocycles. The van der Waals surface area contributed by atoms with Crippen molar-refractivity contribution in [2.24, 2.45) is 5.92 Å². The first-order valence-electron chi connectivity index (χ1n) is 8.42. The molecule has 2 atom stereocenters. The molecule has 1 fully saturated rings. The van der Waals surface area contributed by atoms with Crippen molar-refractivity contribution < 1.29 is 19.1 Å². The SMILES string of the molecule is C.Cc1nc2c(cc1Cl)C(=O)OC21CCN(C(=O)OC(C)(C)C)CC1C. The maximum Gasteiger partial charge on any atom is 0.410 e. The van der Waals surface area contributed by atoms with Crippen LogP contribution in [0.15, 0.2) is 6.07 Å². The highest BCUT2D eigenvalue weighted by molar-refractivity contribution is 6.31. The average Bonchev–Trinajstić information content (AvgIpc) is 2.74. The van der Waals surface area contributed by atoms with Gasteiger partial charge in [0.1, 0.15) is 5.60 Å². The molecule has 0 aliphatic carbocycles. The van der Waals surface area contributed by atoms with Crippen molar-refractivity contribution in [3.8, 4) is 0 Å². The molecule has 0 aromatic carbocycles. The number of ether oxygens (including phenoxy) is 2. The van der Waals surface area contributed by atoms with E-state index in [1.165, 1.54) is 0 Å². The molecule has 1 aromatic rings. The van der Waals surface area contributed by atoms with Crippen molar-refractivity contribution in [3.05, 3.63) is 28.0 Å². The van der Waals surface area contributed by atoms with E-state index in [1.807, 2.05) is 27.7 Å². The van der Waals surface area contributed by atoms with Crippen molar-refractivity contribution in [1.82, 2.24) is 9.88 Å². The highest BCUT2D eigenvalue weighted by Gasteiger charge is 2.54. The lowest BCUT2D eigenvalue weighted by Gasteiger charge is -2.43. The predicted molar refractivity (Wildman–Crippen MR) is 99.4 cm³/mol. The van der Waals surface area contributed by atoms with E-state index >= 15 is 0 Å². The van der Waals surface area contributed by atoms with E-state index in [1.54, 1.807) is 17.9 Å². The lowest BCUT2D eigenvalue weighted by Crippen LogP contribution is -2.52. The smallest absolute Gasteiger partial charge is 0.410 e. The van der Waals surface area contributed by atoms with Crippen LogP contribution in [0.5, 0.6) is 0 Å². The maximum absolute atomic E-state index is 12.3. The quantitative estimate of drug-likeness (QED) is 0.625. The van der Waals surface area contributed by atoms with E-state index < -0.39 is 17.2 Å². The molecule has 3 rings (SSSR count). The summed E-state index contributed by atoms with van der Waals surface area (Å²) in [5.41, 5.74) is 0.376. The summed E-state index contributed by atoms with van der Waals surface area (Å²) in [4.78, 5) is 30.9. The van der Waals surface area contributed by atoms with Gasteiger partial charge in [-0.3, -0.25) is 4.98 Å². The Hall–Kier alpha value is -1.82. The minimum absolute atomic E-state index is 0. The number of fused-ring (bicyclic) bond motifs is 2. The third-order valence-corrected chi connectivity index (χ3v) is 5.12. The Bertz CT molecular complexity index is 744. The number of aromatic nitrogens is 1. The predicted octanol–water partition coefficient (Wildman–Crippen LogP) is 4.32. The average molecular weight is 383 g/mol. The van der Waals surface area contributed by atoms with Crippen LogP contribution >= 0.6 is 11.6 Å². The Labute approximate surface area is 159 Å². The van der Waals surface area contributed by atoms with E-state index in [-0.39, 0.29) is 19.4 Å². The van der Waals surface area contributed by atoms with Gasteiger partial charge in [0.05, 0.1) is 22.0 Å². The van der Waals surface area contributed by atoms with Gasteiger partial charge in [-0.1, -0.05) is 26.0 Å². The van der Waals surface area contributed by atoms with Crippen LogP contribution in [-0.2, 0) is 15.1 Å². The van der Waals surface area contributed by atoms with Gasteiger partial charge in [0, 0.05) is 25.4 Å². The fourth-order valence-corrected chi connectivity index (χ4v) is 3.59. The summed E-state index contributed by atoms with van der Waals surface area (Å²) in [5, 5.41) is 0.451. The van der Waals surface area contributed by atoms with Crippen LogP contribution in [0.25, 0.3) is 0 Å². The van der Waals surface area contributed by atoms with Gasteiger partial charge in [0.15, 0.2) is 5.60 Å². The molecular formula is C19H27ClN2O4. The number of aryl methyl sites for hydroxylation is 1. The van der Waals surface area contributed by atoms with E-state index in [9.17, 15) is 9.59 Å². The zero-order chi connectivity index (χ0) is 18.6. The van der Waals surface area contributed by atoms with E-state index in [2.05, 4.69) is 4.98 Å². The highest BCUT2D eigenvalue weighted by Crippen LogP contribution is 2.47. The summed E-state index contributed by atoms with van der Waals surface area (Å²) in [7, 11) is 0. The van der Waals surface area contributed by atoms with E-state index in [0.29, 0.717) is 41.5 Å². The molecule has 6 nitrogen and oxygen atoms in total. The molecule has 1 spiro atoms. The fourth-order valence-electron chi connectivity index (χ4n) is 3.44. The standard InChI is InChI=1S/C18H23ClN2O4.CH4/c1-10-9-21(16(23)25-17(3,4)5)7-6-18(10)14-12(15(22)24-18)8-13(19)11(2)20-14;/h8,10H,6-7,9H2,1-5H3;1H4. The van der Waals surface area contributed by atoms with Gasteiger partial charge in [-0.15, -0.1) is 0 Å². The lowest BCUT2D eigenvalue weighted by atomic mass is 9.79. The van der Waals surface area contributed by atoms with Crippen LogP contribution in [0.4, 0.5) is 4.79 Å². The van der Waals surface area contributed by atoms with Crippen LogP contribution in [0.2, 0.25) is 5.02 Å². The van der Waals surface area contributed by atoms with Gasteiger partial charge in [0.25, 0.3) is 0 Å². The van der Waals surface area contributed by atoms with E-state index in [4.69, 9.17) is 21.1 Å².